The predicted octanol–water partition coefficient (Wildman–Crippen LogP) is 4.82. The van der Waals surface area contributed by atoms with E-state index in [-0.39, 0.29) is 23.2 Å². The number of nitrogens with one attached hydrogen (secondary N) is 3. The van der Waals surface area contributed by atoms with Crippen molar-refractivity contribution in [3.63, 3.8) is 0 Å². The van der Waals surface area contributed by atoms with E-state index in [0.717, 1.165) is 30.2 Å². The Morgan fingerprint density at radius 1 is 0.872 bits per heavy atom. The zero-order valence-corrected chi connectivity index (χ0v) is 22.6. The highest BCUT2D eigenvalue weighted by Gasteiger charge is 2.21. The van der Waals surface area contributed by atoms with E-state index in [1.807, 2.05) is 6.07 Å². The third kappa shape index (κ3) is 8.08. The summed E-state index contributed by atoms with van der Waals surface area (Å²) >= 11 is 3.32. The number of hydrogen-bond donors (Lipinski definition) is 3. The highest BCUT2D eigenvalue weighted by Crippen LogP contribution is 2.20. The third-order valence-corrected chi connectivity index (χ3v) is 6.59. The van der Waals surface area contributed by atoms with Crippen molar-refractivity contribution in [3.05, 3.63) is 94.0 Å². The first-order valence-corrected chi connectivity index (χ1v) is 13.3. The summed E-state index contributed by atoms with van der Waals surface area (Å²) in [5.74, 6) is -2.40. The Labute approximate surface area is 234 Å². The number of amides is 3. The highest BCUT2D eigenvalue weighted by molar-refractivity contribution is 9.10. The van der Waals surface area contributed by atoms with Gasteiger partial charge in [-0.25, -0.2) is 10.2 Å². The lowest BCUT2D eigenvalue weighted by molar-refractivity contribution is -0.136. The van der Waals surface area contributed by atoms with Crippen LogP contribution in [0.4, 0.5) is 5.69 Å². The van der Waals surface area contributed by atoms with Crippen LogP contribution in [0.5, 0.6) is 5.75 Å². The maximum Gasteiger partial charge on any atom is 0.343 e. The summed E-state index contributed by atoms with van der Waals surface area (Å²) < 4.78 is 6.12. The minimum atomic E-state index is -0.992. The molecule has 9 nitrogen and oxygen atoms in total. The Balaban J connectivity index is 1.28. The van der Waals surface area contributed by atoms with Gasteiger partial charge in [0.15, 0.2) is 0 Å². The molecule has 0 bridgehead atoms. The second kappa shape index (κ2) is 13.5. The van der Waals surface area contributed by atoms with Crippen LogP contribution in [0.2, 0.25) is 0 Å². The molecular formula is C29H27BrN4O5. The molecule has 1 saturated carbocycles. The molecule has 0 atom stereocenters. The van der Waals surface area contributed by atoms with E-state index >= 15 is 0 Å². The summed E-state index contributed by atoms with van der Waals surface area (Å²) in [5.41, 5.74) is 3.70. The maximum atomic E-state index is 12.8. The predicted molar refractivity (Wildman–Crippen MR) is 151 cm³/mol. The van der Waals surface area contributed by atoms with E-state index in [0.29, 0.717) is 16.9 Å². The van der Waals surface area contributed by atoms with E-state index in [1.54, 1.807) is 66.7 Å². The third-order valence-electron chi connectivity index (χ3n) is 6.10. The first-order chi connectivity index (χ1) is 18.9. The summed E-state index contributed by atoms with van der Waals surface area (Å²) in [5, 5.41) is 9.30. The number of anilines is 1. The molecule has 0 saturated heterocycles. The SMILES string of the molecule is O=C(N/N=C\c1ccc(OC(=O)c2cccc(Br)c2)cc1)C(=O)Nc1ccccc1C(=O)NC1CCCCC1. The van der Waals surface area contributed by atoms with Crippen LogP contribution in [-0.2, 0) is 9.59 Å². The highest BCUT2D eigenvalue weighted by atomic mass is 79.9. The smallest absolute Gasteiger partial charge is 0.343 e. The van der Waals surface area contributed by atoms with Gasteiger partial charge in [-0.3, -0.25) is 14.4 Å². The molecule has 1 aliphatic carbocycles. The van der Waals surface area contributed by atoms with Crippen molar-refractivity contribution in [2.24, 2.45) is 5.10 Å². The fourth-order valence-corrected chi connectivity index (χ4v) is 4.50. The van der Waals surface area contributed by atoms with Gasteiger partial charge in [-0.2, -0.15) is 5.10 Å². The van der Waals surface area contributed by atoms with Gasteiger partial charge >= 0.3 is 17.8 Å². The van der Waals surface area contributed by atoms with Crippen LogP contribution >= 0.6 is 15.9 Å². The molecule has 3 aromatic rings. The summed E-state index contributed by atoms with van der Waals surface area (Å²) in [6, 6.07) is 19.9. The Kier molecular flexibility index (Phi) is 9.58. The lowest BCUT2D eigenvalue weighted by Crippen LogP contribution is -2.37. The van der Waals surface area contributed by atoms with Gasteiger partial charge in [0, 0.05) is 10.5 Å². The van der Waals surface area contributed by atoms with Crippen LogP contribution in [0.25, 0.3) is 0 Å². The maximum absolute atomic E-state index is 12.8. The topological polar surface area (TPSA) is 126 Å². The molecule has 1 aliphatic rings. The van der Waals surface area contributed by atoms with Crippen molar-refractivity contribution in [3.8, 4) is 5.75 Å². The van der Waals surface area contributed by atoms with Gasteiger partial charge in [-0.05, 0) is 73.0 Å². The first-order valence-electron chi connectivity index (χ1n) is 12.5. The van der Waals surface area contributed by atoms with Crippen molar-refractivity contribution < 1.29 is 23.9 Å². The van der Waals surface area contributed by atoms with E-state index in [1.165, 1.54) is 12.6 Å². The van der Waals surface area contributed by atoms with Gasteiger partial charge < -0.3 is 15.4 Å². The summed E-state index contributed by atoms with van der Waals surface area (Å²) in [7, 11) is 0. The summed E-state index contributed by atoms with van der Waals surface area (Å²) in [6.07, 6.45) is 6.53. The van der Waals surface area contributed by atoms with Gasteiger partial charge in [0.1, 0.15) is 5.75 Å². The Hall–Kier alpha value is -4.31. The Bertz CT molecular complexity index is 1380. The standard InChI is InChI=1S/C29H27BrN4O5/c30-21-8-6-7-20(17-21)29(38)39-23-15-13-19(14-16-23)18-31-34-28(37)27(36)33-25-12-5-4-11-24(25)26(35)32-22-9-2-1-3-10-22/h4-8,11-18,22H,1-3,9-10H2,(H,32,35)(H,33,36)(H,34,37)/b31-18-. The molecule has 0 spiro atoms. The quantitative estimate of drug-likeness (QED) is 0.120. The number of hydrazone groups is 1. The molecule has 1 fully saturated rings. The van der Waals surface area contributed by atoms with E-state index in [4.69, 9.17) is 4.74 Å². The molecule has 4 rings (SSSR count). The largest absolute Gasteiger partial charge is 0.423 e. The Morgan fingerprint density at radius 3 is 2.36 bits per heavy atom. The molecule has 200 valence electrons. The average molecular weight is 591 g/mol. The molecule has 39 heavy (non-hydrogen) atoms. The van der Waals surface area contributed by atoms with Crippen LogP contribution in [0.3, 0.4) is 0 Å². The fraction of sp³-hybridized carbons (Fsp3) is 0.207. The van der Waals surface area contributed by atoms with Gasteiger partial charge in [0.2, 0.25) is 0 Å². The summed E-state index contributed by atoms with van der Waals surface area (Å²) in [6.45, 7) is 0. The molecule has 3 N–H and O–H groups in total. The van der Waals surface area contributed by atoms with Gasteiger partial charge in [-0.1, -0.05) is 53.4 Å². The lowest BCUT2D eigenvalue weighted by Gasteiger charge is -2.23. The molecule has 3 aromatic carbocycles. The van der Waals surface area contributed by atoms with Crippen molar-refractivity contribution in [1.29, 1.82) is 0 Å². The second-order valence-corrected chi connectivity index (χ2v) is 9.89. The number of benzene rings is 3. The van der Waals surface area contributed by atoms with Crippen molar-refractivity contribution in [2.75, 3.05) is 5.32 Å². The monoisotopic (exact) mass is 590 g/mol. The Morgan fingerprint density at radius 2 is 1.62 bits per heavy atom. The van der Waals surface area contributed by atoms with Crippen LogP contribution in [0.15, 0.2) is 82.4 Å². The molecule has 10 heteroatoms. The van der Waals surface area contributed by atoms with Crippen molar-refractivity contribution in [1.82, 2.24) is 10.7 Å². The minimum Gasteiger partial charge on any atom is -0.423 e. The molecule has 3 amide bonds. The number of carbonyl (C=O) groups excluding carboxylic acids is 4. The van der Waals surface area contributed by atoms with Crippen LogP contribution in [0, 0.1) is 0 Å². The van der Waals surface area contributed by atoms with Gasteiger partial charge in [-0.15, -0.1) is 0 Å². The molecular weight excluding hydrogens is 564 g/mol. The molecule has 0 aromatic heterocycles. The minimum absolute atomic E-state index is 0.111. The molecule has 0 unspecified atom stereocenters. The fourth-order valence-electron chi connectivity index (χ4n) is 4.10. The van der Waals surface area contributed by atoms with E-state index < -0.39 is 17.8 Å². The second-order valence-electron chi connectivity index (χ2n) is 8.98. The number of rotatable bonds is 7. The number of esters is 1. The molecule has 0 heterocycles. The summed E-state index contributed by atoms with van der Waals surface area (Å²) in [4.78, 5) is 49.7. The van der Waals surface area contributed by atoms with E-state index in [2.05, 4.69) is 37.1 Å². The molecule has 0 radical (unpaired) electrons. The first kappa shape index (κ1) is 27.7. The van der Waals surface area contributed by atoms with Crippen molar-refractivity contribution in [2.45, 2.75) is 38.1 Å². The lowest BCUT2D eigenvalue weighted by atomic mass is 9.95. The molecule has 0 aliphatic heterocycles. The zero-order chi connectivity index (χ0) is 27.6. The number of ether oxygens (including phenoxy) is 1. The van der Waals surface area contributed by atoms with Crippen LogP contribution in [0.1, 0.15) is 58.4 Å². The number of carbonyl (C=O) groups is 4. The normalized spacial score (nSPS) is 13.5. The number of halogens is 1. The van der Waals surface area contributed by atoms with E-state index in [9.17, 15) is 19.2 Å². The van der Waals surface area contributed by atoms with Gasteiger partial charge in [0.05, 0.1) is 23.0 Å². The van der Waals surface area contributed by atoms with Crippen LogP contribution in [-0.4, -0.2) is 35.9 Å². The van der Waals surface area contributed by atoms with Crippen molar-refractivity contribution >= 4 is 51.5 Å². The number of hydrogen-bond acceptors (Lipinski definition) is 6. The average Bonchev–Trinajstić information content (AvgIpc) is 2.94. The number of para-hydroxylation sites is 1. The zero-order valence-electron chi connectivity index (χ0n) is 21.0. The van der Waals surface area contributed by atoms with Crippen LogP contribution < -0.4 is 20.8 Å². The van der Waals surface area contributed by atoms with Gasteiger partial charge in [0.25, 0.3) is 5.91 Å². The number of nitrogens with zero attached hydrogens (tertiary/aromatic N) is 1.